The van der Waals surface area contributed by atoms with Crippen LogP contribution in [0.25, 0.3) is 6.08 Å². The van der Waals surface area contributed by atoms with E-state index in [9.17, 15) is 4.79 Å². The molecule has 1 amide bonds. The Morgan fingerprint density at radius 2 is 1.78 bits per heavy atom. The van der Waals surface area contributed by atoms with Crippen molar-refractivity contribution in [2.75, 3.05) is 12.4 Å². The van der Waals surface area contributed by atoms with E-state index in [2.05, 4.69) is 15.6 Å². The van der Waals surface area contributed by atoms with Crippen molar-refractivity contribution in [3.8, 4) is 5.75 Å². The highest BCUT2D eigenvalue weighted by atomic mass is 16.5. The van der Waals surface area contributed by atoms with Gasteiger partial charge in [0.25, 0.3) is 5.91 Å². The van der Waals surface area contributed by atoms with E-state index in [0.717, 1.165) is 17.0 Å². The Bertz CT molecular complexity index is 775. The fraction of sp³-hybridized carbons (Fsp3) is 0.111. The minimum absolute atomic E-state index is 0.226. The number of carbonyl (C=O) groups excluding carboxylic acids is 1. The third-order valence-corrected chi connectivity index (χ3v) is 3.43. The molecule has 0 radical (unpaired) electrons. The fourth-order valence-electron chi connectivity index (χ4n) is 2.16. The zero-order valence-corrected chi connectivity index (χ0v) is 13.0. The summed E-state index contributed by atoms with van der Waals surface area (Å²) in [6.07, 6.45) is 1.73. The monoisotopic (exact) mass is 307 g/mol. The van der Waals surface area contributed by atoms with Gasteiger partial charge in [-0.3, -0.25) is 10.1 Å². The minimum Gasteiger partial charge on any atom is -0.497 e. The second kappa shape index (κ2) is 6.36. The number of amides is 1. The molecule has 5 nitrogen and oxygen atoms in total. The van der Waals surface area contributed by atoms with E-state index >= 15 is 0 Å². The zero-order valence-electron chi connectivity index (χ0n) is 13.0. The first-order valence-electron chi connectivity index (χ1n) is 7.23. The Morgan fingerprint density at radius 3 is 2.43 bits per heavy atom. The fourth-order valence-corrected chi connectivity index (χ4v) is 2.16. The summed E-state index contributed by atoms with van der Waals surface area (Å²) < 4.78 is 5.11. The molecule has 1 aliphatic rings. The summed E-state index contributed by atoms with van der Waals surface area (Å²) in [6.45, 7) is 2.02. The predicted molar refractivity (Wildman–Crippen MR) is 91.4 cm³/mol. The topological polar surface area (TPSA) is 62.7 Å². The van der Waals surface area contributed by atoms with Crippen LogP contribution in [0.5, 0.6) is 5.75 Å². The summed E-state index contributed by atoms with van der Waals surface area (Å²) >= 11 is 0. The van der Waals surface area contributed by atoms with E-state index in [-0.39, 0.29) is 5.91 Å². The standard InChI is InChI=1S/C18H17N3O2/c1-12-3-7-14(8-4-12)19-18-20-16(17(22)21-18)11-13-5-9-15(23-2)10-6-13/h3-11H,1-2H3,(H2,19,20,21,22)/b16-11+. The van der Waals surface area contributed by atoms with E-state index in [0.29, 0.717) is 11.7 Å². The van der Waals surface area contributed by atoms with Crippen molar-refractivity contribution in [2.45, 2.75) is 6.92 Å². The predicted octanol–water partition coefficient (Wildman–Crippen LogP) is 2.94. The van der Waals surface area contributed by atoms with Gasteiger partial charge in [0.05, 0.1) is 7.11 Å². The number of methoxy groups -OCH3 is 1. The van der Waals surface area contributed by atoms with E-state index in [1.165, 1.54) is 5.56 Å². The van der Waals surface area contributed by atoms with Crippen molar-refractivity contribution < 1.29 is 9.53 Å². The lowest BCUT2D eigenvalue weighted by Crippen LogP contribution is -2.29. The van der Waals surface area contributed by atoms with E-state index in [4.69, 9.17) is 4.74 Å². The molecule has 2 aromatic rings. The maximum absolute atomic E-state index is 12.0. The molecular formula is C18H17N3O2. The Kier molecular flexibility index (Phi) is 4.10. The average molecular weight is 307 g/mol. The van der Waals surface area contributed by atoms with Crippen LogP contribution in [0.3, 0.4) is 0 Å². The number of guanidine groups is 1. The lowest BCUT2D eigenvalue weighted by molar-refractivity contribution is -0.115. The number of nitrogens with zero attached hydrogens (tertiary/aromatic N) is 1. The quantitative estimate of drug-likeness (QED) is 0.857. The largest absolute Gasteiger partial charge is 0.497 e. The summed E-state index contributed by atoms with van der Waals surface area (Å²) in [5, 5.41) is 5.81. The van der Waals surface area contributed by atoms with Crippen molar-refractivity contribution in [3.63, 3.8) is 0 Å². The number of hydrogen-bond donors (Lipinski definition) is 2. The van der Waals surface area contributed by atoms with Crippen LogP contribution in [-0.2, 0) is 4.79 Å². The second-order valence-corrected chi connectivity index (χ2v) is 5.21. The molecule has 23 heavy (non-hydrogen) atoms. The molecule has 5 heteroatoms. The summed E-state index contributed by atoms with van der Waals surface area (Å²) in [7, 11) is 1.62. The maximum Gasteiger partial charge on any atom is 0.276 e. The van der Waals surface area contributed by atoms with Gasteiger partial charge in [0.2, 0.25) is 5.96 Å². The van der Waals surface area contributed by atoms with Crippen LogP contribution in [0.15, 0.2) is 59.2 Å². The molecule has 1 heterocycles. The number of aryl methyl sites for hydroxylation is 1. The Labute approximate surface area is 134 Å². The van der Waals surface area contributed by atoms with Crippen molar-refractivity contribution in [1.82, 2.24) is 5.32 Å². The molecule has 0 fully saturated rings. The van der Waals surface area contributed by atoms with Crippen molar-refractivity contribution in [1.29, 1.82) is 0 Å². The molecule has 0 atom stereocenters. The van der Waals surface area contributed by atoms with E-state index < -0.39 is 0 Å². The molecule has 0 unspecified atom stereocenters. The van der Waals surface area contributed by atoms with Gasteiger partial charge in [-0.1, -0.05) is 29.8 Å². The van der Waals surface area contributed by atoms with Crippen LogP contribution in [0.2, 0.25) is 0 Å². The lowest BCUT2D eigenvalue weighted by atomic mass is 10.2. The Morgan fingerprint density at radius 1 is 1.09 bits per heavy atom. The first kappa shape index (κ1) is 14.8. The molecule has 3 rings (SSSR count). The SMILES string of the molecule is COc1ccc(/C=C2/N=C(Nc3ccc(C)cc3)NC2=O)cc1. The van der Waals surface area contributed by atoms with Crippen LogP contribution in [0.1, 0.15) is 11.1 Å². The highest BCUT2D eigenvalue weighted by molar-refractivity contribution is 6.17. The van der Waals surface area contributed by atoms with Gasteiger partial charge in [0, 0.05) is 5.69 Å². The van der Waals surface area contributed by atoms with Gasteiger partial charge < -0.3 is 10.1 Å². The van der Waals surface area contributed by atoms with Crippen LogP contribution >= 0.6 is 0 Å². The number of rotatable bonds is 3. The number of hydrogen-bond acceptors (Lipinski definition) is 4. The Balaban J connectivity index is 1.77. The molecule has 0 spiro atoms. The summed E-state index contributed by atoms with van der Waals surface area (Å²) in [5.74, 6) is 0.974. The highest BCUT2D eigenvalue weighted by Crippen LogP contribution is 2.17. The molecule has 1 aliphatic heterocycles. The third kappa shape index (κ3) is 3.58. The molecule has 0 saturated carbocycles. The highest BCUT2D eigenvalue weighted by Gasteiger charge is 2.19. The number of ether oxygens (including phenoxy) is 1. The molecule has 0 bridgehead atoms. The smallest absolute Gasteiger partial charge is 0.276 e. The number of aliphatic imine (C=N–C) groups is 1. The Hall–Kier alpha value is -3.08. The average Bonchev–Trinajstić information content (AvgIpc) is 2.90. The number of benzene rings is 2. The van der Waals surface area contributed by atoms with Gasteiger partial charge in [0.1, 0.15) is 11.4 Å². The van der Waals surface area contributed by atoms with Crippen LogP contribution in [0, 0.1) is 6.92 Å². The van der Waals surface area contributed by atoms with Crippen molar-refractivity contribution in [3.05, 3.63) is 65.4 Å². The maximum atomic E-state index is 12.0. The van der Waals surface area contributed by atoms with Gasteiger partial charge in [-0.2, -0.15) is 0 Å². The molecule has 0 aromatic heterocycles. The van der Waals surface area contributed by atoms with Gasteiger partial charge in [0.15, 0.2) is 0 Å². The van der Waals surface area contributed by atoms with E-state index in [1.807, 2.05) is 55.5 Å². The first-order chi connectivity index (χ1) is 11.1. The minimum atomic E-state index is -0.226. The van der Waals surface area contributed by atoms with Gasteiger partial charge in [-0.25, -0.2) is 4.99 Å². The molecule has 2 N–H and O–H groups in total. The van der Waals surface area contributed by atoms with Gasteiger partial charge in [-0.15, -0.1) is 0 Å². The first-order valence-corrected chi connectivity index (χ1v) is 7.23. The van der Waals surface area contributed by atoms with E-state index in [1.54, 1.807) is 13.2 Å². The second-order valence-electron chi connectivity index (χ2n) is 5.21. The number of anilines is 1. The van der Waals surface area contributed by atoms with Gasteiger partial charge in [-0.05, 0) is 42.8 Å². The van der Waals surface area contributed by atoms with Gasteiger partial charge >= 0.3 is 0 Å². The number of nitrogens with one attached hydrogen (secondary N) is 2. The summed E-state index contributed by atoms with van der Waals surface area (Å²) in [5.41, 5.74) is 3.30. The zero-order chi connectivity index (χ0) is 16.2. The van der Waals surface area contributed by atoms with Crippen LogP contribution < -0.4 is 15.4 Å². The van der Waals surface area contributed by atoms with Crippen LogP contribution in [-0.4, -0.2) is 19.0 Å². The van der Waals surface area contributed by atoms with Crippen LogP contribution in [0.4, 0.5) is 5.69 Å². The third-order valence-electron chi connectivity index (χ3n) is 3.43. The lowest BCUT2D eigenvalue weighted by Gasteiger charge is -2.04. The van der Waals surface area contributed by atoms with Crippen molar-refractivity contribution in [2.24, 2.45) is 4.99 Å². The molecule has 116 valence electrons. The molecule has 0 aliphatic carbocycles. The number of carbonyl (C=O) groups is 1. The molecule has 0 saturated heterocycles. The molecule has 2 aromatic carbocycles. The molecular weight excluding hydrogens is 290 g/mol. The normalized spacial score (nSPS) is 15.3. The summed E-state index contributed by atoms with van der Waals surface area (Å²) in [4.78, 5) is 16.3. The summed E-state index contributed by atoms with van der Waals surface area (Å²) in [6, 6.07) is 15.3. The van der Waals surface area contributed by atoms with Crippen molar-refractivity contribution >= 4 is 23.6 Å².